The van der Waals surface area contributed by atoms with E-state index >= 15 is 0 Å². The van der Waals surface area contributed by atoms with Crippen molar-refractivity contribution in [1.82, 2.24) is 0 Å². The Balaban J connectivity index is 2.51. The smallest absolute Gasteiger partial charge is 0.337 e. The summed E-state index contributed by atoms with van der Waals surface area (Å²) in [4.78, 5) is 23.9. The van der Waals surface area contributed by atoms with Gasteiger partial charge in [-0.2, -0.15) is 0 Å². The first kappa shape index (κ1) is 11.4. The van der Waals surface area contributed by atoms with Gasteiger partial charge in [0, 0.05) is 19.0 Å². The molecule has 0 aliphatic carbocycles. The molecule has 90 valence electrons. The highest BCUT2D eigenvalue weighted by Crippen LogP contribution is 2.33. The minimum atomic E-state index is -1.19. The average molecular weight is 236 g/mol. The van der Waals surface area contributed by atoms with Gasteiger partial charge < -0.3 is 20.8 Å². The van der Waals surface area contributed by atoms with Gasteiger partial charge in [-0.3, -0.25) is 4.79 Å². The Hall–Kier alpha value is -2.08. The zero-order valence-corrected chi connectivity index (χ0v) is 8.96. The van der Waals surface area contributed by atoms with Crippen molar-refractivity contribution in [2.45, 2.75) is 12.5 Å². The number of carbonyl (C=O) groups is 2. The average Bonchev–Trinajstić information content (AvgIpc) is 2.57. The molecule has 1 saturated heterocycles. The van der Waals surface area contributed by atoms with E-state index in [1.165, 1.54) is 23.1 Å². The molecule has 1 fully saturated rings. The zero-order valence-electron chi connectivity index (χ0n) is 8.96. The van der Waals surface area contributed by atoms with Crippen molar-refractivity contribution in [3.05, 3.63) is 23.8 Å². The van der Waals surface area contributed by atoms with E-state index in [0.29, 0.717) is 0 Å². The van der Waals surface area contributed by atoms with Crippen LogP contribution in [0, 0.1) is 0 Å². The normalized spacial score (nSPS) is 19.7. The monoisotopic (exact) mass is 236 g/mol. The number of para-hydroxylation sites is 1. The van der Waals surface area contributed by atoms with Crippen molar-refractivity contribution in [2.24, 2.45) is 5.73 Å². The molecule has 1 aromatic rings. The van der Waals surface area contributed by atoms with E-state index in [1.54, 1.807) is 0 Å². The van der Waals surface area contributed by atoms with Gasteiger partial charge in [-0.25, -0.2) is 4.79 Å². The molecule has 6 nitrogen and oxygen atoms in total. The number of carboxylic acid groups (broad SMARTS) is 1. The number of aromatic hydroxyl groups is 1. The fourth-order valence-corrected chi connectivity index (χ4v) is 1.94. The fourth-order valence-electron chi connectivity index (χ4n) is 1.94. The minimum Gasteiger partial charge on any atom is -0.506 e. The summed E-state index contributed by atoms with van der Waals surface area (Å²) < 4.78 is 0. The van der Waals surface area contributed by atoms with Crippen LogP contribution in [0.2, 0.25) is 0 Å². The molecule has 1 unspecified atom stereocenters. The highest BCUT2D eigenvalue weighted by atomic mass is 16.4. The number of carbonyl (C=O) groups excluding carboxylic acids is 1. The van der Waals surface area contributed by atoms with E-state index in [4.69, 9.17) is 10.8 Å². The number of nitrogens with two attached hydrogens (primary N) is 1. The molecule has 0 aromatic heterocycles. The molecule has 4 N–H and O–H groups in total. The number of hydrogen-bond donors (Lipinski definition) is 3. The first-order valence-electron chi connectivity index (χ1n) is 5.12. The number of phenolic OH excluding ortho intramolecular Hbond substituents is 1. The molecule has 0 radical (unpaired) electrons. The third kappa shape index (κ3) is 1.94. The van der Waals surface area contributed by atoms with Gasteiger partial charge in [0.05, 0.1) is 5.56 Å². The van der Waals surface area contributed by atoms with Crippen molar-refractivity contribution in [1.29, 1.82) is 0 Å². The molecule has 2 rings (SSSR count). The van der Waals surface area contributed by atoms with Crippen molar-refractivity contribution in [3.63, 3.8) is 0 Å². The quantitative estimate of drug-likeness (QED) is 0.678. The Labute approximate surface area is 97.3 Å². The van der Waals surface area contributed by atoms with Gasteiger partial charge in [0.1, 0.15) is 11.4 Å². The molecule has 1 atom stereocenters. The second-order valence-electron chi connectivity index (χ2n) is 3.95. The van der Waals surface area contributed by atoms with Crippen molar-refractivity contribution < 1.29 is 19.8 Å². The van der Waals surface area contributed by atoms with Crippen LogP contribution >= 0.6 is 0 Å². The number of amides is 1. The highest BCUT2D eigenvalue weighted by molar-refractivity contribution is 6.05. The standard InChI is InChI=1S/C11H12N2O4/c12-6-4-9(15)13(5-6)10-7(11(16)17)2-1-3-8(10)14/h1-3,6,14H,4-5,12H2,(H,16,17). The molecule has 0 bridgehead atoms. The Morgan fingerprint density at radius 1 is 1.47 bits per heavy atom. The molecular formula is C11H12N2O4. The van der Waals surface area contributed by atoms with Gasteiger partial charge in [0.15, 0.2) is 0 Å². The second kappa shape index (κ2) is 4.06. The number of nitrogens with zero attached hydrogens (tertiary/aromatic N) is 1. The number of hydrogen-bond acceptors (Lipinski definition) is 4. The maximum atomic E-state index is 11.7. The summed E-state index contributed by atoms with van der Waals surface area (Å²) in [6.07, 6.45) is 0.160. The summed E-state index contributed by atoms with van der Waals surface area (Å²) in [6.45, 7) is 0.219. The topological polar surface area (TPSA) is 104 Å². The van der Waals surface area contributed by atoms with Crippen LogP contribution in [-0.2, 0) is 4.79 Å². The van der Waals surface area contributed by atoms with Crippen molar-refractivity contribution in [3.8, 4) is 5.75 Å². The molecule has 1 heterocycles. The number of aromatic carboxylic acids is 1. The Kier molecular flexibility index (Phi) is 2.72. The largest absolute Gasteiger partial charge is 0.506 e. The summed E-state index contributed by atoms with van der Waals surface area (Å²) in [5.41, 5.74) is 5.56. The van der Waals surface area contributed by atoms with E-state index in [2.05, 4.69) is 0 Å². The number of carboxylic acids is 1. The van der Waals surface area contributed by atoms with Crippen LogP contribution < -0.4 is 10.6 Å². The van der Waals surface area contributed by atoms with Crippen LogP contribution in [-0.4, -0.2) is 34.7 Å². The lowest BCUT2D eigenvalue weighted by Gasteiger charge is -2.19. The summed E-state index contributed by atoms with van der Waals surface area (Å²) in [5, 5.41) is 18.7. The van der Waals surface area contributed by atoms with Gasteiger partial charge in [-0.1, -0.05) is 6.07 Å². The van der Waals surface area contributed by atoms with E-state index in [9.17, 15) is 14.7 Å². The summed E-state index contributed by atoms with van der Waals surface area (Å²) in [7, 11) is 0. The van der Waals surface area contributed by atoms with E-state index < -0.39 is 5.97 Å². The third-order valence-corrected chi connectivity index (χ3v) is 2.67. The van der Waals surface area contributed by atoms with Gasteiger partial charge in [-0.15, -0.1) is 0 Å². The highest BCUT2D eigenvalue weighted by Gasteiger charge is 2.32. The summed E-state index contributed by atoms with van der Waals surface area (Å²) >= 11 is 0. The number of benzene rings is 1. The van der Waals surface area contributed by atoms with Crippen LogP contribution in [0.1, 0.15) is 16.8 Å². The molecule has 1 amide bonds. The van der Waals surface area contributed by atoms with Gasteiger partial charge in [-0.05, 0) is 12.1 Å². The second-order valence-corrected chi connectivity index (χ2v) is 3.95. The molecule has 6 heteroatoms. The number of anilines is 1. The Morgan fingerprint density at radius 2 is 2.18 bits per heavy atom. The lowest BCUT2D eigenvalue weighted by molar-refractivity contribution is -0.117. The lowest BCUT2D eigenvalue weighted by atomic mass is 10.1. The Morgan fingerprint density at radius 3 is 2.71 bits per heavy atom. The molecule has 0 spiro atoms. The lowest BCUT2D eigenvalue weighted by Crippen LogP contribution is -2.29. The van der Waals surface area contributed by atoms with Gasteiger partial charge in [0.25, 0.3) is 0 Å². The number of rotatable bonds is 2. The molecule has 1 aliphatic heterocycles. The minimum absolute atomic E-state index is 0.0259. The van der Waals surface area contributed by atoms with Gasteiger partial charge in [0.2, 0.25) is 5.91 Å². The van der Waals surface area contributed by atoms with E-state index in [1.807, 2.05) is 0 Å². The molecule has 1 aromatic carbocycles. The van der Waals surface area contributed by atoms with Crippen LogP contribution in [0.5, 0.6) is 5.75 Å². The number of phenols is 1. The predicted molar refractivity (Wildman–Crippen MR) is 60.0 cm³/mol. The summed E-state index contributed by atoms with van der Waals surface area (Å²) in [5.74, 6) is -1.70. The zero-order chi connectivity index (χ0) is 12.6. The maximum Gasteiger partial charge on any atom is 0.337 e. The van der Waals surface area contributed by atoms with E-state index in [0.717, 1.165) is 0 Å². The van der Waals surface area contributed by atoms with Crippen molar-refractivity contribution in [2.75, 3.05) is 11.4 Å². The fraction of sp³-hybridized carbons (Fsp3) is 0.273. The molecule has 1 aliphatic rings. The Bertz CT molecular complexity index is 486. The summed E-state index contributed by atoms with van der Waals surface area (Å²) in [6, 6.07) is 3.78. The van der Waals surface area contributed by atoms with Crippen LogP contribution in [0.4, 0.5) is 5.69 Å². The van der Waals surface area contributed by atoms with E-state index in [-0.39, 0.29) is 41.9 Å². The third-order valence-electron chi connectivity index (χ3n) is 2.67. The van der Waals surface area contributed by atoms with Crippen LogP contribution in [0.25, 0.3) is 0 Å². The maximum absolute atomic E-state index is 11.7. The SMILES string of the molecule is NC1CC(=O)N(c2c(O)cccc2C(=O)O)C1. The van der Waals surface area contributed by atoms with Gasteiger partial charge >= 0.3 is 5.97 Å². The first-order chi connectivity index (χ1) is 8.00. The first-order valence-corrected chi connectivity index (χ1v) is 5.12. The van der Waals surface area contributed by atoms with Crippen LogP contribution in [0.3, 0.4) is 0 Å². The van der Waals surface area contributed by atoms with Crippen molar-refractivity contribution >= 4 is 17.6 Å². The molecular weight excluding hydrogens is 224 g/mol. The molecule has 17 heavy (non-hydrogen) atoms. The molecule has 0 saturated carbocycles. The predicted octanol–water partition coefficient (Wildman–Crippen LogP) is 0.154. The van der Waals surface area contributed by atoms with Crippen LogP contribution in [0.15, 0.2) is 18.2 Å².